The van der Waals surface area contributed by atoms with Crippen molar-refractivity contribution in [2.75, 3.05) is 5.73 Å². The van der Waals surface area contributed by atoms with Crippen molar-refractivity contribution >= 4 is 5.69 Å². The van der Waals surface area contributed by atoms with E-state index in [0.29, 0.717) is 23.4 Å². The summed E-state index contributed by atoms with van der Waals surface area (Å²) in [5.41, 5.74) is 10.6. The van der Waals surface area contributed by atoms with Gasteiger partial charge in [-0.25, -0.2) is 4.68 Å². The van der Waals surface area contributed by atoms with Gasteiger partial charge in [0.25, 0.3) is 0 Å². The van der Waals surface area contributed by atoms with Crippen LogP contribution in [0, 0.1) is 0 Å². The summed E-state index contributed by atoms with van der Waals surface area (Å²) in [4.78, 5) is 0. The Morgan fingerprint density at radius 1 is 0.931 bits per heavy atom. The Hall–Kier alpha value is -3.73. The molecule has 0 radical (unpaired) electrons. The van der Waals surface area contributed by atoms with E-state index in [2.05, 4.69) is 24.2 Å². The topological polar surface area (TPSA) is 84.3 Å². The predicted octanol–water partition coefficient (Wildman–Crippen LogP) is 4.88. The minimum atomic E-state index is -0.00935. The van der Waals surface area contributed by atoms with Crippen LogP contribution in [0.4, 0.5) is 5.69 Å². The van der Waals surface area contributed by atoms with Gasteiger partial charge in [0.15, 0.2) is 0 Å². The molecule has 0 aliphatic rings. The average Bonchev–Trinajstić information content (AvgIpc) is 3.20. The van der Waals surface area contributed by atoms with Gasteiger partial charge in [0.2, 0.25) is 0 Å². The SMILES string of the molecule is CC(Cc1cc(-c2ccn(-c3ccccc3N)n2)c(O)cc1O)c1ccccc1. The highest BCUT2D eigenvalue weighted by molar-refractivity contribution is 5.70. The number of aromatic nitrogens is 2. The number of phenolic OH excluding ortho intramolecular Hbond substituents is 2. The summed E-state index contributed by atoms with van der Waals surface area (Å²) in [6.07, 6.45) is 2.45. The van der Waals surface area contributed by atoms with Gasteiger partial charge in [0.1, 0.15) is 11.5 Å². The molecule has 0 saturated carbocycles. The van der Waals surface area contributed by atoms with E-state index in [9.17, 15) is 10.2 Å². The number of nitrogen functional groups attached to an aromatic ring is 1. The van der Waals surface area contributed by atoms with Crippen molar-refractivity contribution in [1.29, 1.82) is 0 Å². The number of aromatic hydroxyl groups is 2. The first-order valence-corrected chi connectivity index (χ1v) is 9.53. The second-order valence-electron chi connectivity index (χ2n) is 7.22. The fraction of sp³-hybridized carbons (Fsp3) is 0.125. The molecule has 1 heterocycles. The minimum Gasteiger partial charge on any atom is -0.508 e. The highest BCUT2D eigenvalue weighted by atomic mass is 16.3. The van der Waals surface area contributed by atoms with Crippen LogP contribution >= 0.6 is 0 Å². The maximum Gasteiger partial charge on any atom is 0.128 e. The maximum absolute atomic E-state index is 10.4. The molecule has 0 spiro atoms. The second kappa shape index (κ2) is 7.72. The van der Waals surface area contributed by atoms with Crippen LogP contribution in [-0.2, 0) is 6.42 Å². The number of hydrogen-bond donors (Lipinski definition) is 3. The zero-order valence-corrected chi connectivity index (χ0v) is 16.2. The first-order chi connectivity index (χ1) is 14.0. The van der Waals surface area contributed by atoms with Crippen LogP contribution in [0.15, 0.2) is 79.0 Å². The molecule has 146 valence electrons. The Morgan fingerprint density at radius 2 is 1.66 bits per heavy atom. The molecule has 4 aromatic rings. The van der Waals surface area contributed by atoms with Crippen LogP contribution < -0.4 is 5.73 Å². The van der Waals surface area contributed by atoms with E-state index in [1.807, 2.05) is 54.6 Å². The van der Waals surface area contributed by atoms with E-state index in [-0.39, 0.29) is 17.4 Å². The molecule has 1 unspecified atom stereocenters. The molecule has 0 fully saturated rings. The Kier molecular flexibility index (Phi) is 4.96. The maximum atomic E-state index is 10.4. The van der Waals surface area contributed by atoms with E-state index in [4.69, 9.17) is 5.73 Å². The summed E-state index contributed by atoms with van der Waals surface area (Å²) in [6, 6.07) is 22.7. The molecule has 0 amide bonds. The Morgan fingerprint density at radius 3 is 2.41 bits per heavy atom. The van der Waals surface area contributed by atoms with E-state index in [0.717, 1.165) is 11.3 Å². The van der Waals surface area contributed by atoms with Crippen LogP contribution in [0.3, 0.4) is 0 Å². The lowest BCUT2D eigenvalue weighted by atomic mass is 9.92. The lowest BCUT2D eigenvalue weighted by Crippen LogP contribution is -2.01. The third kappa shape index (κ3) is 3.80. The molecule has 1 aromatic heterocycles. The van der Waals surface area contributed by atoms with Crippen molar-refractivity contribution < 1.29 is 10.2 Å². The molecule has 29 heavy (non-hydrogen) atoms. The summed E-state index contributed by atoms with van der Waals surface area (Å²) in [6.45, 7) is 2.12. The summed E-state index contributed by atoms with van der Waals surface area (Å²) in [5, 5.41) is 25.4. The quantitative estimate of drug-likeness (QED) is 0.428. The summed E-state index contributed by atoms with van der Waals surface area (Å²) < 4.78 is 1.68. The number of anilines is 1. The lowest BCUT2D eigenvalue weighted by Gasteiger charge is -2.14. The van der Waals surface area contributed by atoms with Gasteiger partial charge in [-0.1, -0.05) is 49.4 Å². The van der Waals surface area contributed by atoms with Gasteiger partial charge < -0.3 is 15.9 Å². The zero-order chi connectivity index (χ0) is 20.4. The van der Waals surface area contributed by atoms with Crippen LogP contribution in [0.25, 0.3) is 16.9 Å². The summed E-state index contributed by atoms with van der Waals surface area (Å²) in [5.74, 6) is 0.298. The first kappa shape index (κ1) is 18.6. The number of para-hydroxylation sites is 2. The number of nitrogens with zero attached hydrogens (tertiary/aromatic N) is 2. The number of hydrogen-bond acceptors (Lipinski definition) is 4. The molecule has 1 atom stereocenters. The van der Waals surface area contributed by atoms with Gasteiger partial charge >= 0.3 is 0 Å². The van der Waals surface area contributed by atoms with Crippen molar-refractivity contribution in [3.63, 3.8) is 0 Å². The monoisotopic (exact) mass is 385 g/mol. The molecule has 4 rings (SSSR count). The molecule has 0 aliphatic carbocycles. The van der Waals surface area contributed by atoms with Gasteiger partial charge in [-0.3, -0.25) is 0 Å². The Bertz CT molecular complexity index is 1140. The standard InChI is InChI=1S/C24H23N3O2/c1-16(17-7-3-2-4-8-17)13-18-14-19(24(29)15-23(18)28)21-11-12-27(26-21)22-10-6-5-9-20(22)25/h2-12,14-16,28-29H,13,25H2,1H3. The van der Waals surface area contributed by atoms with Crippen molar-refractivity contribution in [2.24, 2.45) is 0 Å². The highest BCUT2D eigenvalue weighted by Crippen LogP contribution is 2.36. The molecular formula is C24H23N3O2. The third-order valence-corrected chi connectivity index (χ3v) is 5.14. The van der Waals surface area contributed by atoms with Gasteiger partial charge in [-0.2, -0.15) is 5.10 Å². The molecule has 0 bridgehead atoms. The Labute approximate surface area is 169 Å². The fourth-order valence-electron chi connectivity index (χ4n) is 3.52. The van der Waals surface area contributed by atoms with Crippen LogP contribution in [0.5, 0.6) is 11.5 Å². The zero-order valence-electron chi connectivity index (χ0n) is 16.2. The van der Waals surface area contributed by atoms with Crippen LogP contribution in [-0.4, -0.2) is 20.0 Å². The smallest absolute Gasteiger partial charge is 0.128 e. The van der Waals surface area contributed by atoms with Crippen molar-refractivity contribution in [1.82, 2.24) is 9.78 Å². The summed E-state index contributed by atoms with van der Waals surface area (Å²) in [7, 11) is 0. The number of rotatable bonds is 5. The molecule has 0 aliphatic heterocycles. The van der Waals surface area contributed by atoms with E-state index in [1.165, 1.54) is 11.6 Å². The fourth-order valence-corrected chi connectivity index (χ4v) is 3.52. The van der Waals surface area contributed by atoms with E-state index >= 15 is 0 Å². The van der Waals surface area contributed by atoms with Crippen molar-refractivity contribution in [2.45, 2.75) is 19.3 Å². The van der Waals surface area contributed by atoms with Crippen LogP contribution in [0.2, 0.25) is 0 Å². The number of benzene rings is 3. The van der Waals surface area contributed by atoms with Crippen molar-refractivity contribution in [3.05, 3.63) is 90.1 Å². The minimum absolute atomic E-state index is 0.00935. The predicted molar refractivity (Wildman–Crippen MR) is 115 cm³/mol. The molecule has 5 heteroatoms. The van der Waals surface area contributed by atoms with Crippen molar-refractivity contribution in [3.8, 4) is 28.4 Å². The van der Waals surface area contributed by atoms with E-state index < -0.39 is 0 Å². The number of nitrogens with two attached hydrogens (primary N) is 1. The molecule has 5 nitrogen and oxygen atoms in total. The average molecular weight is 385 g/mol. The van der Waals surface area contributed by atoms with Gasteiger partial charge in [-0.05, 0) is 47.7 Å². The first-order valence-electron chi connectivity index (χ1n) is 9.53. The van der Waals surface area contributed by atoms with Gasteiger partial charge in [0.05, 0.1) is 17.1 Å². The van der Waals surface area contributed by atoms with Crippen LogP contribution in [0.1, 0.15) is 24.0 Å². The number of phenols is 2. The summed E-state index contributed by atoms with van der Waals surface area (Å²) >= 11 is 0. The third-order valence-electron chi connectivity index (χ3n) is 5.14. The second-order valence-corrected chi connectivity index (χ2v) is 7.22. The highest BCUT2D eigenvalue weighted by Gasteiger charge is 2.16. The molecule has 3 aromatic carbocycles. The normalized spacial score (nSPS) is 12.0. The Balaban J connectivity index is 1.67. The van der Waals surface area contributed by atoms with Gasteiger partial charge in [-0.15, -0.1) is 0 Å². The molecule has 0 saturated heterocycles. The lowest BCUT2D eigenvalue weighted by molar-refractivity contribution is 0.445. The molecular weight excluding hydrogens is 362 g/mol. The van der Waals surface area contributed by atoms with E-state index in [1.54, 1.807) is 10.9 Å². The molecule has 4 N–H and O–H groups in total. The van der Waals surface area contributed by atoms with Gasteiger partial charge in [0, 0.05) is 17.8 Å². The largest absolute Gasteiger partial charge is 0.508 e.